The monoisotopic (exact) mass is 276 g/mol. The topological polar surface area (TPSA) is 64.7 Å². The summed E-state index contributed by atoms with van der Waals surface area (Å²) in [6.07, 6.45) is 0. The molecule has 0 radical (unpaired) electrons. The van der Waals surface area contributed by atoms with Crippen molar-refractivity contribution in [1.82, 2.24) is 20.4 Å². The number of halogens is 1. The second-order valence-electron chi connectivity index (χ2n) is 4.71. The third kappa shape index (κ3) is 4.80. The van der Waals surface area contributed by atoms with Crippen molar-refractivity contribution in [2.24, 2.45) is 0 Å². The number of likely N-dealkylation sites (N-methyl/N-ethyl adjacent to an activating group) is 2. The van der Waals surface area contributed by atoms with Crippen LogP contribution in [0.4, 0.5) is 4.79 Å². The van der Waals surface area contributed by atoms with Crippen molar-refractivity contribution < 1.29 is 9.59 Å². The van der Waals surface area contributed by atoms with Gasteiger partial charge in [0.25, 0.3) is 0 Å². The molecular weight excluding hydrogens is 256 g/mol. The van der Waals surface area contributed by atoms with Crippen LogP contribution in [0.25, 0.3) is 0 Å². The van der Waals surface area contributed by atoms with Crippen molar-refractivity contribution in [3.63, 3.8) is 0 Å². The smallest absolute Gasteiger partial charge is 0.321 e. The highest BCUT2D eigenvalue weighted by atomic mass is 35.5. The van der Waals surface area contributed by atoms with Crippen LogP contribution in [0.3, 0.4) is 0 Å². The Labute approximate surface area is 113 Å². The summed E-state index contributed by atoms with van der Waals surface area (Å²) < 4.78 is 0. The minimum atomic E-state index is -0.709. The van der Waals surface area contributed by atoms with Gasteiger partial charge >= 0.3 is 6.03 Å². The standard InChI is InChI=1S/C11H21ClN4O2/c1-8(12)10(17)14-11(18)13-6-9-7-15(2)4-5-16(9)3/h8-9H,4-7H2,1-3H3,(H2,13,14,17,18). The minimum Gasteiger partial charge on any atom is -0.336 e. The number of carbonyl (C=O) groups is 2. The highest BCUT2D eigenvalue weighted by Crippen LogP contribution is 2.04. The lowest BCUT2D eigenvalue weighted by atomic mass is 10.2. The van der Waals surface area contributed by atoms with E-state index in [4.69, 9.17) is 11.6 Å². The Balaban J connectivity index is 2.31. The number of imide groups is 1. The molecule has 1 rings (SSSR count). The zero-order valence-corrected chi connectivity index (χ0v) is 11.8. The molecule has 0 aromatic heterocycles. The molecule has 2 atom stereocenters. The number of amides is 3. The lowest BCUT2D eigenvalue weighted by Crippen LogP contribution is -2.55. The van der Waals surface area contributed by atoms with Gasteiger partial charge in [-0.15, -0.1) is 11.6 Å². The molecule has 2 unspecified atom stereocenters. The fraction of sp³-hybridized carbons (Fsp3) is 0.818. The molecular formula is C11H21ClN4O2. The maximum absolute atomic E-state index is 11.5. The summed E-state index contributed by atoms with van der Waals surface area (Å²) in [5.74, 6) is -0.483. The van der Waals surface area contributed by atoms with Gasteiger partial charge in [-0.3, -0.25) is 15.0 Å². The molecule has 7 heteroatoms. The number of nitrogens with zero attached hydrogens (tertiary/aromatic N) is 2. The molecule has 2 N–H and O–H groups in total. The van der Waals surface area contributed by atoms with Crippen molar-refractivity contribution in [2.45, 2.75) is 18.3 Å². The zero-order valence-electron chi connectivity index (χ0n) is 11.1. The molecule has 6 nitrogen and oxygen atoms in total. The number of hydrogen-bond acceptors (Lipinski definition) is 4. The molecule has 1 aliphatic heterocycles. The molecule has 3 amide bonds. The zero-order chi connectivity index (χ0) is 13.7. The Kier molecular flexibility index (Phi) is 5.84. The van der Waals surface area contributed by atoms with Crippen LogP contribution in [0, 0.1) is 0 Å². The van der Waals surface area contributed by atoms with E-state index in [1.807, 2.05) is 7.05 Å². The highest BCUT2D eigenvalue weighted by Gasteiger charge is 2.22. The third-order valence-corrected chi connectivity index (χ3v) is 3.27. The van der Waals surface area contributed by atoms with E-state index in [0.29, 0.717) is 6.54 Å². The summed E-state index contributed by atoms with van der Waals surface area (Å²) in [4.78, 5) is 27.1. The molecule has 0 saturated carbocycles. The van der Waals surface area contributed by atoms with Crippen molar-refractivity contribution in [2.75, 3.05) is 40.3 Å². The number of rotatable bonds is 3. The number of hydrogen-bond donors (Lipinski definition) is 2. The van der Waals surface area contributed by atoms with E-state index >= 15 is 0 Å². The van der Waals surface area contributed by atoms with Crippen molar-refractivity contribution in [3.05, 3.63) is 0 Å². The van der Waals surface area contributed by atoms with E-state index in [1.165, 1.54) is 6.92 Å². The fourth-order valence-corrected chi connectivity index (χ4v) is 1.84. The summed E-state index contributed by atoms with van der Waals surface area (Å²) in [5.41, 5.74) is 0. The average Bonchev–Trinajstić information content (AvgIpc) is 2.30. The maximum Gasteiger partial charge on any atom is 0.321 e. The molecule has 0 aliphatic carbocycles. The van der Waals surface area contributed by atoms with Gasteiger partial charge in [0.2, 0.25) is 5.91 Å². The van der Waals surface area contributed by atoms with E-state index in [1.54, 1.807) is 0 Å². The number of alkyl halides is 1. The maximum atomic E-state index is 11.5. The summed E-state index contributed by atoms with van der Waals surface area (Å²) in [6.45, 7) is 4.94. The normalized spacial score (nSPS) is 23.4. The Bertz CT molecular complexity index is 311. The van der Waals surface area contributed by atoms with Gasteiger partial charge in [-0.1, -0.05) is 0 Å². The molecule has 0 aromatic carbocycles. The fourth-order valence-electron chi connectivity index (χ4n) is 1.79. The van der Waals surface area contributed by atoms with E-state index in [9.17, 15) is 9.59 Å². The van der Waals surface area contributed by atoms with Gasteiger partial charge in [0, 0.05) is 32.2 Å². The molecule has 1 heterocycles. The van der Waals surface area contributed by atoms with Gasteiger partial charge in [0.1, 0.15) is 5.38 Å². The molecule has 1 fully saturated rings. The predicted octanol–water partition coefficient (Wildman–Crippen LogP) is -0.315. The predicted molar refractivity (Wildman–Crippen MR) is 70.8 cm³/mol. The van der Waals surface area contributed by atoms with Crippen LogP contribution in [0.5, 0.6) is 0 Å². The summed E-state index contributed by atoms with van der Waals surface area (Å²) >= 11 is 5.56. The second kappa shape index (κ2) is 6.92. The van der Waals surface area contributed by atoms with Crippen LogP contribution in [0.15, 0.2) is 0 Å². The first-order valence-electron chi connectivity index (χ1n) is 6.01. The molecule has 104 valence electrons. The average molecular weight is 277 g/mol. The lowest BCUT2D eigenvalue weighted by Gasteiger charge is -2.37. The SMILES string of the molecule is CC(Cl)C(=O)NC(=O)NCC1CN(C)CCN1C. The lowest BCUT2D eigenvalue weighted by molar-refractivity contribution is -0.119. The van der Waals surface area contributed by atoms with Gasteiger partial charge < -0.3 is 10.2 Å². The highest BCUT2D eigenvalue weighted by molar-refractivity contribution is 6.31. The molecule has 0 spiro atoms. The van der Waals surface area contributed by atoms with Crippen molar-refractivity contribution in [3.8, 4) is 0 Å². The van der Waals surface area contributed by atoms with Gasteiger partial charge in [-0.2, -0.15) is 0 Å². The Morgan fingerprint density at radius 2 is 2.06 bits per heavy atom. The summed E-state index contributed by atoms with van der Waals surface area (Å²) in [6, 6.07) is -0.229. The number of piperazine rings is 1. The van der Waals surface area contributed by atoms with Gasteiger partial charge in [-0.25, -0.2) is 4.79 Å². The van der Waals surface area contributed by atoms with E-state index < -0.39 is 17.3 Å². The molecule has 0 aromatic rings. The summed E-state index contributed by atoms with van der Waals surface area (Å²) in [5, 5.41) is 4.17. The van der Waals surface area contributed by atoms with Crippen LogP contribution >= 0.6 is 11.6 Å². The van der Waals surface area contributed by atoms with E-state index in [2.05, 4.69) is 27.5 Å². The van der Waals surface area contributed by atoms with Crippen LogP contribution < -0.4 is 10.6 Å². The Morgan fingerprint density at radius 3 is 2.67 bits per heavy atom. The molecule has 0 bridgehead atoms. The number of nitrogens with one attached hydrogen (secondary N) is 2. The largest absolute Gasteiger partial charge is 0.336 e. The second-order valence-corrected chi connectivity index (χ2v) is 5.37. The minimum absolute atomic E-state index is 0.262. The third-order valence-electron chi connectivity index (χ3n) is 3.08. The van der Waals surface area contributed by atoms with Crippen LogP contribution in [0.2, 0.25) is 0 Å². The van der Waals surface area contributed by atoms with Crippen molar-refractivity contribution in [1.29, 1.82) is 0 Å². The van der Waals surface area contributed by atoms with E-state index in [0.717, 1.165) is 19.6 Å². The van der Waals surface area contributed by atoms with Gasteiger partial charge in [0.05, 0.1) is 0 Å². The molecule has 1 saturated heterocycles. The quantitative estimate of drug-likeness (QED) is 0.694. The number of carbonyl (C=O) groups excluding carboxylic acids is 2. The first-order chi connectivity index (χ1) is 8.40. The Morgan fingerprint density at radius 1 is 1.39 bits per heavy atom. The first kappa shape index (κ1) is 15.2. The first-order valence-corrected chi connectivity index (χ1v) is 6.45. The van der Waals surface area contributed by atoms with Crippen LogP contribution in [0.1, 0.15) is 6.92 Å². The van der Waals surface area contributed by atoms with Crippen molar-refractivity contribution >= 4 is 23.5 Å². The molecule has 1 aliphatic rings. The van der Waals surface area contributed by atoms with Gasteiger partial charge in [0.15, 0.2) is 0 Å². The molecule has 18 heavy (non-hydrogen) atoms. The van der Waals surface area contributed by atoms with Crippen LogP contribution in [-0.2, 0) is 4.79 Å². The number of urea groups is 1. The van der Waals surface area contributed by atoms with Gasteiger partial charge in [-0.05, 0) is 21.0 Å². The Hall–Kier alpha value is -0.850. The van der Waals surface area contributed by atoms with E-state index in [-0.39, 0.29) is 6.04 Å². The van der Waals surface area contributed by atoms with Crippen LogP contribution in [-0.4, -0.2) is 73.4 Å². The summed E-state index contributed by atoms with van der Waals surface area (Å²) in [7, 11) is 4.09.